The molecule has 15 heavy (non-hydrogen) atoms. The van der Waals surface area contributed by atoms with Gasteiger partial charge in [0.2, 0.25) is 11.2 Å². The molecule has 0 unspecified atom stereocenters. The SMILES string of the molecule is N#[N+]C=C(O)COC(=O)c1ccccc1. The predicted octanol–water partition coefficient (Wildman–Crippen LogP) is 2.10. The van der Waals surface area contributed by atoms with Crippen LogP contribution in [0.3, 0.4) is 0 Å². The summed E-state index contributed by atoms with van der Waals surface area (Å²) < 4.78 is 4.71. The Morgan fingerprint density at radius 1 is 1.47 bits per heavy atom. The second-order valence-corrected chi connectivity index (χ2v) is 2.68. The van der Waals surface area contributed by atoms with Crippen LogP contribution < -0.4 is 0 Å². The molecule has 0 aromatic heterocycles. The van der Waals surface area contributed by atoms with Crippen molar-refractivity contribution >= 4 is 5.97 Å². The number of aliphatic hydroxyl groups is 1. The van der Waals surface area contributed by atoms with Crippen LogP contribution in [0.2, 0.25) is 0 Å². The van der Waals surface area contributed by atoms with Crippen molar-refractivity contribution in [2.75, 3.05) is 6.61 Å². The van der Waals surface area contributed by atoms with Gasteiger partial charge < -0.3 is 9.84 Å². The Morgan fingerprint density at radius 3 is 2.73 bits per heavy atom. The van der Waals surface area contributed by atoms with Crippen molar-refractivity contribution in [1.82, 2.24) is 0 Å². The van der Waals surface area contributed by atoms with Crippen molar-refractivity contribution in [3.63, 3.8) is 0 Å². The number of carbonyl (C=O) groups excluding carboxylic acids is 1. The summed E-state index contributed by atoms with van der Waals surface area (Å²) >= 11 is 0. The molecule has 0 amide bonds. The maximum Gasteiger partial charge on any atom is 0.391 e. The van der Waals surface area contributed by atoms with E-state index in [0.717, 1.165) is 6.20 Å². The zero-order valence-corrected chi connectivity index (χ0v) is 7.83. The van der Waals surface area contributed by atoms with E-state index in [0.29, 0.717) is 5.56 Å². The van der Waals surface area contributed by atoms with Gasteiger partial charge in [0.25, 0.3) is 0 Å². The third-order valence-electron chi connectivity index (χ3n) is 1.57. The molecule has 0 spiro atoms. The fourth-order valence-electron chi connectivity index (χ4n) is 0.901. The topological polar surface area (TPSA) is 74.7 Å². The van der Waals surface area contributed by atoms with Crippen molar-refractivity contribution < 1.29 is 14.6 Å². The van der Waals surface area contributed by atoms with E-state index in [1.54, 1.807) is 30.3 Å². The highest BCUT2D eigenvalue weighted by Gasteiger charge is 2.08. The molecule has 76 valence electrons. The first-order valence-electron chi connectivity index (χ1n) is 4.18. The fraction of sp³-hybridized carbons (Fsp3) is 0.100. The minimum Gasteiger partial charge on any atom is -0.503 e. The number of ether oxygens (including phenoxy) is 1. The zero-order valence-electron chi connectivity index (χ0n) is 7.83. The molecule has 0 saturated carbocycles. The van der Waals surface area contributed by atoms with Crippen molar-refractivity contribution in [3.05, 3.63) is 52.8 Å². The van der Waals surface area contributed by atoms with Crippen molar-refractivity contribution in [2.45, 2.75) is 0 Å². The Bertz CT molecular complexity index is 406. The molecule has 1 aromatic carbocycles. The monoisotopic (exact) mass is 205 g/mol. The lowest BCUT2D eigenvalue weighted by atomic mass is 10.2. The standard InChI is InChI=1S/C10H8N2O3/c11-12-6-9(13)7-15-10(14)8-4-2-1-3-5-8/h1-6H,7H2/p+1. The summed E-state index contributed by atoms with van der Waals surface area (Å²) in [6.45, 7) is -0.322. The van der Waals surface area contributed by atoms with E-state index < -0.39 is 5.97 Å². The van der Waals surface area contributed by atoms with Crippen LogP contribution in [0.1, 0.15) is 10.4 Å². The zero-order chi connectivity index (χ0) is 11.1. The molecule has 0 aliphatic heterocycles. The molecule has 0 fully saturated rings. The molecule has 0 aliphatic carbocycles. The molecule has 0 saturated heterocycles. The van der Waals surface area contributed by atoms with Gasteiger partial charge in [0, 0.05) is 0 Å². The van der Waals surface area contributed by atoms with Gasteiger partial charge in [0.1, 0.15) is 0 Å². The van der Waals surface area contributed by atoms with E-state index in [4.69, 9.17) is 15.2 Å². The molecular formula is C10H9N2O3+. The summed E-state index contributed by atoms with van der Waals surface area (Å²) in [4.78, 5) is 13.9. The maximum absolute atomic E-state index is 11.3. The van der Waals surface area contributed by atoms with Gasteiger partial charge in [-0.15, -0.1) is 0 Å². The smallest absolute Gasteiger partial charge is 0.391 e. The van der Waals surface area contributed by atoms with Gasteiger partial charge in [-0.25, -0.2) is 4.79 Å². The molecule has 1 N–H and O–H groups in total. The van der Waals surface area contributed by atoms with Crippen LogP contribution >= 0.6 is 0 Å². The molecule has 1 rings (SSSR count). The van der Waals surface area contributed by atoms with Crippen LogP contribution in [0.4, 0.5) is 0 Å². The summed E-state index contributed by atoms with van der Waals surface area (Å²) in [5, 5.41) is 17.0. The predicted molar refractivity (Wildman–Crippen MR) is 52.5 cm³/mol. The second kappa shape index (κ2) is 5.40. The third kappa shape index (κ3) is 3.48. The number of diazo groups is 1. The lowest BCUT2D eigenvalue weighted by Gasteiger charge is -2.01. The lowest BCUT2D eigenvalue weighted by molar-refractivity contribution is 0.0501. The van der Waals surface area contributed by atoms with Gasteiger partial charge in [-0.1, -0.05) is 18.2 Å². The van der Waals surface area contributed by atoms with E-state index in [9.17, 15) is 4.79 Å². The summed E-state index contributed by atoms with van der Waals surface area (Å²) in [5.41, 5.74) is 0.395. The molecule has 1 aromatic rings. The van der Waals surface area contributed by atoms with Crippen LogP contribution in [-0.4, -0.2) is 17.7 Å². The van der Waals surface area contributed by atoms with Gasteiger partial charge in [-0.05, 0) is 12.1 Å². The Labute approximate surface area is 86.2 Å². The number of hydrogen-bond acceptors (Lipinski definition) is 4. The highest BCUT2D eigenvalue weighted by molar-refractivity contribution is 5.89. The number of rotatable bonds is 3. The van der Waals surface area contributed by atoms with Crippen molar-refractivity contribution in [2.24, 2.45) is 0 Å². The second-order valence-electron chi connectivity index (χ2n) is 2.68. The summed E-state index contributed by atoms with van der Waals surface area (Å²) in [7, 11) is 0. The molecule has 5 nitrogen and oxygen atoms in total. The van der Waals surface area contributed by atoms with E-state index in [1.807, 2.05) is 0 Å². The Balaban J connectivity index is 2.52. The molecule has 0 aliphatic rings. The molecule has 0 heterocycles. The Hall–Kier alpha value is -2.35. The van der Waals surface area contributed by atoms with Gasteiger partial charge >= 0.3 is 12.2 Å². The van der Waals surface area contributed by atoms with E-state index in [1.165, 1.54) is 0 Å². The number of carbonyl (C=O) groups is 1. The molecule has 0 atom stereocenters. The quantitative estimate of drug-likeness (QED) is 0.465. The first-order valence-corrected chi connectivity index (χ1v) is 4.18. The maximum atomic E-state index is 11.3. The van der Waals surface area contributed by atoms with Crippen molar-refractivity contribution in [1.29, 1.82) is 5.39 Å². The molecule has 5 heteroatoms. The highest BCUT2D eigenvalue weighted by atomic mass is 16.5. The minimum absolute atomic E-state index is 0.322. The number of hydrogen-bond donors (Lipinski definition) is 1. The largest absolute Gasteiger partial charge is 0.503 e. The summed E-state index contributed by atoms with van der Waals surface area (Å²) in [6.07, 6.45) is 0.790. The first-order chi connectivity index (χ1) is 7.24. The third-order valence-corrected chi connectivity index (χ3v) is 1.57. The van der Waals surface area contributed by atoms with E-state index >= 15 is 0 Å². The molecule has 0 radical (unpaired) electrons. The number of aliphatic hydroxyl groups excluding tert-OH is 1. The first kappa shape index (κ1) is 10.7. The van der Waals surface area contributed by atoms with Gasteiger partial charge in [-0.3, -0.25) is 0 Å². The van der Waals surface area contributed by atoms with Crippen LogP contribution in [0.5, 0.6) is 0 Å². The number of benzene rings is 1. The highest BCUT2D eigenvalue weighted by Crippen LogP contribution is 2.02. The summed E-state index contributed by atoms with van der Waals surface area (Å²) in [6, 6.07) is 8.38. The van der Waals surface area contributed by atoms with Gasteiger partial charge in [0.05, 0.1) is 5.56 Å². The van der Waals surface area contributed by atoms with Crippen LogP contribution in [-0.2, 0) is 4.74 Å². The fourth-order valence-corrected chi connectivity index (χ4v) is 0.901. The van der Waals surface area contributed by atoms with E-state index in [-0.39, 0.29) is 12.4 Å². The Morgan fingerprint density at radius 2 is 2.13 bits per heavy atom. The van der Waals surface area contributed by atoms with Gasteiger partial charge in [-0.2, -0.15) is 0 Å². The van der Waals surface area contributed by atoms with Gasteiger partial charge in [0.15, 0.2) is 11.6 Å². The Kier molecular flexibility index (Phi) is 3.86. The summed E-state index contributed by atoms with van der Waals surface area (Å²) in [5.74, 6) is -0.879. The van der Waals surface area contributed by atoms with Crippen LogP contribution in [0.15, 0.2) is 42.3 Å². The number of esters is 1. The molecule has 0 bridgehead atoms. The average molecular weight is 205 g/mol. The van der Waals surface area contributed by atoms with Crippen molar-refractivity contribution in [3.8, 4) is 0 Å². The van der Waals surface area contributed by atoms with E-state index in [2.05, 4.69) is 4.98 Å². The normalized spacial score (nSPS) is 10.5. The minimum atomic E-state index is -0.548. The number of nitrogens with zero attached hydrogens (tertiary/aromatic N) is 2. The average Bonchev–Trinajstić information content (AvgIpc) is 2.27. The lowest BCUT2D eigenvalue weighted by Crippen LogP contribution is -2.07. The van der Waals surface area contributed by atoms with Crippen LogP contribution in [0.25, 0.3) is 4.98 Å². The molecular weight excluding hydrogens is 196 g/mol. The van der Waals surface area contributed by atoms with Crippen LogP contribution in [0, 0.1) is 5.39 Å².